The van der Waals surface area contributed by atoms with Gasteiger partial charge in [0.1, 0.15) is 6.04 Å². The van der Waals surface area contributed by atoms with E-state index in [-0.39, 0.29) is 36.6 Å². The highest BCUT2D eigenvalue weighted by Gasteiger charge is 2.48. The third-order valence-corrected chi connectivity index (χ3v) is 5.18. The molecule has 1 saturated carbocycles. The number of rotatable bonds is 5. The average Bonchev–Trinajstić information content (AvgIpc) is 3.44. The number of anilines is 1. The zero-order valence-corrected chi connectivity index (χ0v) is 15.3. The van der Waals surface area contributed by atoms with Crippen molar-refractivity contribution < 1.29 is 14.4 Å². The zero-order chi connectivity index (χ0) is 19.0. The topological polar surface area (TPSA) is 57.7 Å². The number of benzene rings is 2. The molecule has 1 aliphatic heterocycles. The van der Waals surface area contributed by atoms with Crippen molar-refractivity contribution in [2.75, 3.05) is 4.90 Å². The molecule has 0 aromatic heterocycles. The van der Waals surface area contributed by atoms with Gasteiger partial charge in [-0.2, -0.15) is 0 Å². The Hall–Kier alpha value is -2.95. The average molecular weight is 362 g/mol. The molecule has 1 unspecified atom stereocenters. The number of hydrogen-bond donors (Lipinski definition) is 0. The molecule has 5 nitrogen and oxygen atoms in total. The van der Waals surface area contributed by atoms with Gasteiger partial charge in [-0.1, -0.05) is 48.0 Å². The molecular formula is C22H22N2O3. The lowest BCUT2D eigenvalue weighted by atomic mass is 10.1. The predicted octanol–water partition coefficient (Wildman–Crippen LogP) is 2.86. The molecule has 1 heterocycles. The summed E-state index contributed by atoms with van der Waals surface area (Å²) in [7, 11) is 0. The number of imide groups is 1. The van der Waals surface area contributed by atoms with Crippen LogP contribution in [0.15, 0.2) is 54.6 Å². The summed E-state index contributed by atoms with van der Waals surface area (Å²) in [6.45, 7) is 1.96. The highest BCUT2D eigenvalue weighted by molar-refractivity contribution is 6.23. The molecule has 0 spiro atoms. The van der Waals surface area contributed by atoms with Crippen LogP contribution in [0, 0.1) is 6.92 Å². The van der Waals surface area contributed by atoms with Gasteiger partial charge < -0.3 is 4.90 Å². The Morgan fingerprint density at radius 2 is 1.70 bits per heavy atom. The lowest BCUT2D eigenvalue weighted by Gasteiger charge is -2.27. The molecule has 3 amide bonds. The fourth-order valence-electron chi connectivity index (χ4n) is 3.64. The van der Waals surface area contributed by atoms with Crippen molar-refractivity contribution in [1.82, 2.24) is 4.90 Å². The molecule has 27 heavy (non-hydrogen) atoms. The highest BCUT2D eigenvalue weighted by atomic mass is 16.2. The summed E-state index contributed by atoms with van der Waals surface area (Å²) in [5.74, 6) is -0.621. The summed E-state index contributed by atoms with van der Waals surface area (Å²) in [6, 6.07) is 16.2. The van der Waals surface area contributed by atoms with Crippen LogP contribution in [0.25, 0.3) is 0 Å². The van der Waals surface area contributed by atoms with E-state index in [0.29, 0.717) is 5.69 Å². The third-order valence-electron chi connectivity index (χ3n) is 5.18. The third kappa shape index (κ3) is 3.50. The van der Waals surface area contributed by atoms with Gasteiger partial charge in [-0.15, -0.1) is 0 Å². The highest BCUT2D eigenvalue weighted by Crippen LogP contribution is 2.34. The van der Waals surface area contributed by atoms with Crippen LogP contribution < -0.4 is 4.90 Å². The maximum atomic E-state index is 13.0. The minimum absolute atomic E-state index is 0.0593. The normalized spacial score (nSPS) is 19.4. The Morgan fingerprint density at radius 3 is 2.33 bits per heavy atom. The lowest BCUT2D eigenvalue weighted by Crippen LogP contribution is -2.47. The van der Waals surface area contributed by atoms with Gasteiger partial charge in [-0.05, 0) is 37.5 Å². The number of aryl methyl sites for hydroxylation is 1. The SMILES string of the molecule is Cc1ccc(N2C(=O)CC(N(C(=O)Cc3ccccc3)C3CC3)C2=O)cc1. The summed E-state index contributed by atoms with van der Waals surface area (Å²) in [6.07, 6.45) is 2.09. The number of hydrogen-bond acceptors (Lipinski definition) is 3. The lowest BCUT2D eigenvalue weighted by molar-refractivity contribution is -0.138. The fraction of sp³-hybridized carbons (Fsp3) is 0.318. The van der Waals surface area contributed by atoms with Crippen LogP contribution in [0.1, 0.15) is 30.4 Å². The van der Waals surface area contributed by atoms with E-state index >= 15 is 0 Å². The number of carbonyl (C=O) groups is 3. The monoisotopic (exact) mass is 362 g/mol. The molecule has 5 heteroatoms. The van der Waals surface area contributed by atoms with Gasteiger partial charge in [-0.25, -0.2) is 4.90 Å². The van der Waals surface area contributed by atoms with Crippen molar-refractivity contribution in [3.8, 4) is 0 Å². The minimum atomic E-state index is -0.692. The molecule has 1 atom stereocenters. The zero-order valence-electron chi connectivity index (χ0n) is 15.3. The number of amides is 3. The first-order valence-electron chi connectivity index (χ1n) is 9.33. The Balaban J connectivity index is 1.56. The molecule has 2 aromatic rings. The molecule has 0 radical (unpaired) electrons. The second kappa shape index (κ2) is 6.99. The van der Waals surface area contributed by atoms with Crippen molar-refractivity contribution in [3.05, 3.63) is 65.7 Å². The van der Waals surface area contributed by atoms with E-state index in [2.05, 4.69) is 0 Å². The summed E-state index contributed by atoms with van der Waals surface area (Å²) in [4.78, 5) is 41.5. The smallest absolute Gasteiger partial charge is 0.257 e. The molecule has 1 saturated heterocycles. The van der Waals surface area contributed by atoms with E-state index < -0.39 is 6.04 Å². The summed E-state index contributed by atoms with van der Waals surface area (Å²) in [5, 5.41) is 0. The van der Waals surface area contributed by atoms with Crippen LogP contribution in [0.3, 0.4) is 0 Å². The molecule has 2 fully saturated rings. The molecule has 1 aliphatic carbocycles. The van der Waals surface area contributed by atoms with Crippen LogP contribution >= 0.6 is 0 Å². The predicted molar refractivity (Wildman–Crippen MR) is 102 cm³/mol. The van der Waals surface area contributed by atoms with Crippen LogP contribution in [0.5, 0.6) is 0 Å². The molecular weight excluding hydrogens is 340 g/mol. The summed E-state index contributed by atoms with van der Waals surface area (Å²) >= 11 is 0. The quantitative estimate of drug-likeness (QED) is 0.769. The van der Waals surface area contributed by atoms with E-state index in [1.807, 2.05) is 49.4 Å². The van der Waals surface area contributed by atoms with Crippen molar-refractivity contribution >= 4 is 23.4 Å². The molecule has 2 aromatic carbocycles. The van der Waals surface area contributed by atoms with Gasteiger partial charge in [0.05, 0.1) is 18.5 Å². The van der Waals surface area contributed by atoms with Gasteiger partial charge in [0, 0.05) is 6.04 Å². The molecule has 0 bridgehead atoms. The van der Waals surface area contributed by atoms with E-state index in [9.17, 15) is 14.4 Å². The molecule has 4 rings (SSSR count). The largest absolute Gasteiger partial charge is 0.327 e. The van der Waals surface area contributed by atoms with Crippen molar-refractivity contribution in [2.24, 2.45) is 0 Å². The summed E-state index contributed by atoms with van der Waals surface area (Å²) in [5.41, 5.74) is 2.55. The van der Waals surface area contributed by atoms with Crippen LogP contribution in [0.4, 0.5) is 5.69 Å². The Kier molecular flexibility index (Phi) is 4.52. The van der Waals surface area contributed by atoms with Crippen molar-refractivity contribution in [3.63, 3.8) is 0 Å². The first kappa shape index (κ1) is 17.5. The van der Waals surface area contributed by atoms with Gasteiger partial charge in [0.2, 0.25) is 11.8 Å². The van der Waals surface area contributed by atoms with Crippen LogP contribution in [-0.4, -0.2) is 34.7 Å². The van der Waals surface area contributed by atoms with E-state index in [1.165, 1.54) is 4.90 Å². The Labute approximate surface area is 158 Å². The number of nitrogens with zero attached hydrogens (tertiary/aromatic N) is 2. The van der Waals surface area contributed by atoms with Gasteiger partial charge in [0.15, 0.2) is 0 Å². The van der Waals surface area contributed by atoms with Crippen LogP contribution in [0.2, 0.25) is 0 Å². The maximum Gasteiger partial charge on any atom is 0.257 e. The van der Waals surface area contributed by atoms with E-state index in [0.717, 1.165) is 24.0 Å². The van der Waals surface area contributed by atoms with Crippen molar-refractivity contribution in [1.29, 1.82) is 0 Å². The van der Waals surface area contributed by atoms with Crippen LogP contribution in [-0.2, 0) is 20.8 Å². The maximum absolute atomic E-state index is 13.0. The first-order valence-corrected chi connectivity index (χ1v) is 9.33. The van der Waals surface area contributed by atoms with Crippen molar-refractivity contribution in [2.45, 2.75) is 44.7 Å². The van der Waals surface area contributed by atoms with E-state index in [4.69, 9.17) is 0 Å². The van der Waals surface area contributed by atoms with Gasteiger partial charge in [0.25, 0.3) is 5.91 Å². The molecule has 2 aliphatic rings. The Bertz CT molecular complexity index is 872. The minimum Gasteiger partial charge on any atom is -0.327 e. The first-order chi connectivity index (χ1) is 13.0. The molecule has 138 valence electrons. The Morgan fingerprint density at radius 1 is 1.04 bits per heavy atom. The fourth-order valence-corrected chi connectivity index (χ4v) is 3.64. The van der Waals surface area contributed by atoms with Gasteiger partial charge in [-0.3, -0.25) is 14.4 Å². The summed E-state index contributed by atoms with van der Waals surface area (Å²) < 4.78 is 0. The standard InChI is InChI=1S/C22H22N2O3/c1-15-7-9-18(10-8-15)24-21(26)14-19(22(24)27)23(17-11-12-17)20(25)13-16-5-3-2-4-6-16/h2-10,17,19H,11-14H2,1H3. The van der Waals surface area contributed by atoms with E-state index in [1.54, 1.807) is 17.0 Å². The second-order valence-corrected chi connectivity index (χ2v) is 7.32. The van der Waals surface area contributed by atoms with Gasteiger partial charge >= 0.3 is 0 Å². The molecule has 0 N–H and O–H groups in total. The number of carbonyl (C=O) groups excluding carboxylic acids is 3. The second-order valence-electron chi connectivity index (χ2n) is 7.32.